The van der Waals surface area contributed by atoms with E-state index in [-0.39, 0.29) is 0 Å². The molecule has 0 unspecified atom stereocenters. The van der Waals surface area contributed by atoms with Gasteiger partial charge in [-0.1, -0.05) is 45.7 Å². The molecule has 0 saturated heterocycles. The minimum Gasteiger partial charge on any atom is -0.354 e. The number of halogens is 2. The average Bonchev–Trinajstić information content (AvgIpc) is 2.72. The van der Waals surface area contributed by atoms with Crippen molar-refractivity contribution in [2.75, 3.05) is 0 Å². The summed E-state index contributed by atoms with van der Waals surface area (Å²) in [6.07, 6.45) is 0. The first-order valence-electron chi connectivity index (χ1n) is 5.26. The Labute approximate surface area is 113 Å². The largest absolute Gasteiger partial charge is 0.354 e. The zero-order valence-electron chi connectivity index (χ0n) is 8.87. The molecular weight excluding hydrogens is 298 g/mol. The van der Waals surface area contributed by atoms with Crippen LogP contribution in [0.4, 0.5) is 0 Å². The Morgan fingerprint density at radius 1 is 0.941 bits per heavy atom. The topological polar surface area (TPSA) is 15.8 Å². The molecule has 0 aliphatic heterocycles. The van der Waals surface area contributed by atoms with Crippen molar-refractivity contribution in [3.8, 4) is 11.3 Å². The summed E-state index contributed by atoms with van der Waals surface area (Å²) in [5, 5.41) is 1.93. The molecule has 0 aliphatic rings. The van der Waals surface area contributed by atoms with Crippen molar-refractivity contribution in [1.29, 1.82) is 0 Å². The van der Waals surface area contributed by atoms with Crippen LogP contribution in [0.2, 0.25) is 5.02 Å². The zero-order chi connectivity index (χ0) is 11.8. The van der Waals surface area contributed by atoms with E-state index in [9.17, 15) is 0 Å². The van der Waals surface area contributed by atoms with Gasteiger partial charge in [-0.25, -0.2) is 0 Å². The number of nitrogens with one attached hydrogen (secondary N) is 1. The lowest BCUT2D eigenvalue weighted by Crippen LogP contribution is -1.75. The number of hydrogen-bond donors (Lipinski definition) is 1. The Bertz CT molecular complexity index is 670. The quantitative estimate of drug-likeness (QED) is 0.632. The van der Waals surface area contributed by atoms with Crippen molar-refractivity contribution in [2.24, 2.45) is 0 Å². The highest BCUT2D eigenvalue weighted by Crippen LogP contribution is 2.26. The highest BCUT2D eigenvalue weighted by molar-refractivity contribution is 9.10. The summed E-state index contributed by atoms with van der Waals surface area (Å²) in [5.41, 5.74) is 3.34. The maximum absolute atomic E-state index is 5.97. The van der Waals surface area contributed by atoms with Gasteiger partial charge in [-0.15, -0.1) is 0 Å². The minimum atomic E-state index is 0.752. The van der Waals surface area contributed by atoms with E-state index < -0.39 is 0 Å². The third-order valence-corrected chi connectivity index (χ3v) is 3.50. The van der Waals surface area contributed by atoms with E-state index in [0.29, 0.717) is 0 Å². The lowest BCUT2D eigenvalue weighted by atomic mass is 10.1. The van der Waals surface area contributed by atoms with Gasteiger partial charge in [0.2, 0.25) is 0 Å². The fourth-order valence-electron chi connectivity index (χ4n) is 1.88. The molecule has 0 spiro atoms. The number of aromatic nitrogens is 1. The van der Waals surface area contributed by atoms with Crippen LogP contribution in [0.15, 0.2) is 53.0 Å². The van der Waals surface area contributed by atoms with E-state index in [1.54, 1.807) is 0 Å². The molecule has 1 N–H and O–H groups in total. The van der Waals surface area contributed by atoms with Crippen LogP contribution < -0.4 is 0 Å². The molecule has 0 aliphatic carbocycles. The molecule has 3 rings (SSSR count). The summed E-state index contributed by atoms with van der Waals surface area (Å²) in [7, 11) is 0. The SMILES string of the molecule is Clc1ccc2cc(-c3ccc(Br)cc3)[nH]c2c1. The first kappa shape index (κ1) is 10.9. The normalized spacial score (nSPS) is 10.9. The fraction of sp³-hybridized carbons (Fsp3) is 0. The van der Waals surface area contributed by atoms with Gasteiger partial charge in [0.25, 0.3) is 0 Å². The van der Waals surface area contributed by atoms with Gasteiger partial charge in [-0.3, -0.25) is 0 Å². The Hall–Kier alpha value is -1.25. The smallest absolute Gasteiger partial charge is 0.0473 e. The second-order valence-electron chi connectivity index (χ2n) is 3.92. The molecule has 0 radical (unpaired) electrons. The van der Waals surface area contributed by atoms with E-state index >= 15 is 0 Å². The molecule has 0 atom stereocenters. The maximum atomic E-state index is 5.97. The molecule has 3 heteroatoms. The van der Waals surface area contributed by atoms with E-state index in [2.05, 4.69) is 39.1 Å². The second-order valence-corrected chi connectivity index (χ2v) is 5.27. The third-order valence-electron chi connectivity index (χ3n) is 2.74. The third kappa shape index (κ3) is 2.11. The van der Waals surface area contributed by atoms with Gasteiger partial charge >= 0.3 is 0 Å². The standard InChI is InChI=1S/C14H9BrClN/c15-11-4-1-9(2-5-11)13-7-10-3-6-12(16)8-14(10)17-13/h1-8,17H. The predicted molar refractivity (Wildman–Crippen MR) is 76.4 cm³/mol. The Kier molecular flexibility index (Phi) is 2.69. The van der Waals surface area contributed by atoms with Gasteiger partial charge < -0.3 is 4.98 Å². The van der Waals surface area contributed by atoms with Gasteiger partial charge in [0, 0.05) is 26.1 Å². The van der Waals surface area contributed by atoms with E-state index in [4.69, 9.17) is 11.6 Å². The van der Waals surface area contributed by atoms with Crippen LogP contribution in [-0.4, -0.2) is 4.98 Å². The van der Waals surface area contributed by atoms with Gasteiger partial charge in [-0.2, -0.15) is 0 Å². The van der Waals surface area contributed by atoms with Crippen LogP contribution in [-0.2, 0) is 0 Å². The molecule has 0 bridgehead atoms. The molecule has 1 nitrogen and oxygen atoms in total. The molecule has 3 aromatic rings. The molecule has 17 heavy (non-hydrogen) atoms. The molecule has 0 amide bonds. The molecular formula is C14H9BrClN. The Morgan fingerprint density at radius 3 is 2.47 bits per heavy atom. The molecule has 0 fully saturated rings. The summed E-state index contributed by atoms with van der Waals surface area (Å²) in [6, 6.07) is 16.2. The van der Waals surface area contributed by atoms with Crippen molar-refractivity contribution in [3.05, 3.63) is 58.0 Å². The number of hydrogen-bond acceptors (Lipinski definition) is 0. The van der Waals surface area contributed by atoms with Crippen LogP contribution in [0.5, 0.6) is 0 Å². The number of aromatic amines is 1. The lowest BCUT2D eigenvalue weighted by Gasteiger charge is -1.97. The van der Waals surface area contributed by atoms with E-state index in [0.717, 1.165) is 20.7 Å². The molecule has 84 valence electrons. The summed E-state index contributed by atoms with van der Waals surface area (Å²) in [5.74, 6) is 0. The molecule has 1 heterocycles. The number of H-pyrrole nitrogens is 1. The number of benzene rings is 2. The van der Waals surface area contributed by atoms with Crippen molar-refractivity contribution in [3.63, 3.8) is 0 Å². The first-order valence-corrected chi connectivity index (χ1v) is 6.44. The van der Waals surface area contributed by atoms with Crippen molar-refractivity contribution in [2.45, 2.75) is 0 Å². The van der Waals surface area contributed by atoms with E-state index in [1.165, 1.54) is 10.9 Å². The highest BCUT2D eigenvalue weighted by atomic mass is 79.9. The summed E-state index contributed by atoms with van der Waals surface area (Å²) in [6.45, 7) is 0. The van der Waals surface area contributed by atoms with Gasteiger partial charge in [0.05, 0.1) is 0 Å². The number of fused-ring (bicyclic) bond motifs is 1. The predicted octanol–water partition coefficient (Wildman–Crippen LogP) is 5.25. The maximum Gasteiger partial charge on any atom is 0.0473 e. The first-order chi connectivity index (χ1) is 8.22. The molecule has 2 aromatic carbocycles. The van der Waals surface area contributed by atoms with Crippen molar-refractivity contribution in [1.82, 2.24) is 4.98 Å². The van der Waals surface area contributed by atoms with E-state index in [1.807, 2.05) is 30.3 Å². The average molecular weight is 307 g/mol. The van der Waals surface area contributed by atoms with Gasteiger partial charge in [0.15, 0.2) is 0 Å². The highest BCUT2D eigenvalue weighted by Gasteiger charge is 2.03. The van der Waals surface area contributed by atoms with Crippen molar-refractivity contribution < 1.29 is 0 Å². The summed E-state index contributed by atoms with van der Waals surface area (Å²) in [4.78, 5) is 3.37. The van der Waals surface area contributed by atoms with Gasteiger partial charge in [-0.05, 0) is 35.9 Å². The van der Waals surface area contributed by atoms with Crippen LogP contribution >= 0.6 is 27.5 Å². The van der Waals surface area contributed by atoms with Gasteiger partial charge in [0.1, 0.15) is 0 Å². The summed E-state index contributed by atoms with van der Waals surface area (Å²) >= 11 is 9.40. The molecule has 0 saturated carbocycles. The summed E-state index contributed by atoms with van der Waals surface area (Å²) < 4.78 is 1.08. The van der Waals surface area contributed by atoms with Crippen LogP contribution in [0.25, 0.3) is 22.2 Å². The molecule has 1 aromatic heterocycles. The lowest BCUT2D eigenvalue weighted by molar-refractivity contribution is 1.45. The minimum absolute atomic E-state index is 0.752. The Balaban J connectivity index is 2.14. The number of rotatable bonds is 1. The van der Waals surface area contributed by atoms with Crippen LogP contribution in [0.3, 0.4) is 0 Å². The van der Waals surface area contributed by atoms with Crippen LogP contribution in [0.1, 0.15) is 0 Å². The Morgan fingerprint density at radius 2 is 1.71 bits per heavy atom. The fourth-order valence-corrected chi connectivity index (χ4v) is 2.32. The van der Waals surface area contributed by atoms with Crippen LogP contribution in [0, 0.1) is 0 Å². The second kappa shape index (κ2) is 4.21. The monoisotopic (exact) mass is 305 g/mol. The van der Waals surface area contributed by atoms with Crippen molar-refractivity contribution >= 4 is 38.4 Å². The zero-order valence-corrected chi connectivity index (χ0v) is 11.2.